The minimum absolute atomic E-state index is 0.319. The second-order valence-corrected chi connectivity index (χ2v) is 6.03. The lowest BCUT2D eigenvalue weighted by Crippen LogP contribution is -2.23. The Morgan fingerprint density at radius 1 is 1.50 bits per heavy atom. The lowest BCUT2D eigenvalue weighted by atomic mass is 9.97. The molecule has 2 aromatic heterocycles. The van der Waals surface area contributed by atoms with Gasteiger partial charge in [-0.1, -0.05) is 13.8 Å². The fourth-order valence-electron chi connectivity index (χ4n) is 2.10. The lowest BCUT2D eigenvalue weighted by molar-refractivity contribution is -0.142. The van der Waals surface area contributed by atoms with Crippen LogP contribution >= 0.6 is 11.3 Å². The molecule has 0 aliphatic carbocycles. The normalized spacial score (nSPS) is 12.8. The van der Waals surface area contributed by atoms with Crippen LogP contribution in [0.5, 0.6) is 0 Å². The summed E-state index contributed by atoms with van der Waals surface area (Å²) < 4.78 is 1.61. The summed E-state index contributed by atoms with van der Waals surface area (Å²) in [7, 11) is 0. The van der Waals surface area contributed by atoms with Gasteiger partial charge in [0.2, 0.25) is 0 Å². The summed E-state index contributed by atoms with van der Waals surface area (Å²) in [5, 5.41) is 24.9. The molecule has 0 saturated heterocycles. The van der Waals surface area contributed by atoms with Crippen molar-refractivity contribution in [3.8, 4) is 0 Å². The van der Waals surface area contributed by atoms with Crippen LogP contribution in [0.25, 0.3) is 0 Å². The number of thiophene rings is 1. The van der Waals surface area contributed by atoms with Crippen molar-refractivity contribution in [2.24, 2.45) is 11.8 Å². The summed E-state index contributed by atoms with van der Waals surface area (Å²) in [5.74, 6) is -0.221. The third kappa shape index (κ3) is 3.86. The summed E-state index contributed by atoms with van der Waals surface area (Å²) in [4.78, 5) is 11.3. The molecule has 6 nitrogen and oxygen atoms in total. The van der Waals surface area contributed by atoms with Gasteiger partial charge in [-0.2, -0.15) is 11.3 Å². The molecular formula is C13H18N4O2S. The predicted molar refractivity (Wildman–Crippen MR) is 75.5 cm³/mol. The minimum atomic E-state index is -0.796. The molecule has 0 spiro atoms. The zero-order valence-electron chi connectivity index (χ0n) is 11.6. The molecule has 2 aromatic rings. The molecule has 1 atom stereocenters. The molecule has 1 unspecified atom stereocenters. The van der Waals surface area contributed by atoms with Gasteiger partial charge in [0.25, 0.3) is 0 Å². The molecular weight excluding hydrogens is 276 g/mol. The van der Waals surface area contributed by atoms with Crippen molar-refractivity contribution in [2.75, 3.05) is 0 Å². The molecule has 0 radical (unpaired) electrons. The highest BCUT2D eigenvalue weighted by atomic mass is 32.1. The van der Waals surface area contributed by atoms with Crippen molar-refractivity contribution >= 4 is 17.3 Å². The molecule has 0 saturated carbocycles. The Hall–Kier alpha value is -1.76. The quantitative estimate of drug-likeness (QED) is 0.845. The van der Waals surface area contributed by atoms with Crippen LogP contribution in [0, 0.1) is 11.8 Å². The van der Waals surface area contributed by atoms with Crippen molar-refractivity contribution in [3.05, 3.63) is 28.2 Å². The van der Waals surface area contributed by atoms with Crippen molar-refractivity contribution in [2.45, 2.75) is 33.2 Å². The van der Waals surface area contributed by atoms with Gasteiger partial charge < -0.3 is 5.11 Å². The minimum Gasteiger partial charge on any atom is -0.481 e. The molecule has 7 heteroatoms. The number of nitrogens with zero attached hydrogens (tertiary/aromatic N) is 4. The molecule has 2 rings (SSSR count). The third-order valence-corrected chi connectivity index (χ3v) is 3.78. The van der Waals surface area contributed by atoms with E-state index in [1.54, 1.807) is 16.0 Å². The molecule has 0 aliphatic rings. The molecule has 0 aliphatic heterocycles. The number of hydrogen-bond donors (Lipinski definition) is 1. The van der Waals surface area contributed by atoms with E-state index in [0.29, 0.717) is 31.1 Å². The van der Waals surface area contributed by atoms with E-state index in [4.69, 9.17) is 0 Å². The van der Waals surface area contributed by atoms with Gasteiger partial charge in [-0.05, 0) is 45.2 Å². The molecule has 1 N–H and O–H groups in total. The highest BCUT2D eigenvalue weighted by Gasteiger charge is 2.21. The molecule has 0 bridgehead atoms. The van der Waals surface area contributed by atoms with Crippen molar-refractivity contribution < 1.29 is 9.90 Å². The van der Waals surface area contributed by atoms with E-state index in [1.165, 1.54) is 0 Å². The topological polar surface area (TPSA) is 80.9 Å². The van der Waals surface area contributed by atoms with Crippen LogP contribution in [-0.4, -0.2) is 31.3 Å². The Morgan fingerprint density at radius 2 is 2.30 bits per heavy atom. The lowest BCUT2D eigenvalue weighted by Gasteiger charge is -2.15. The van der Waals surface area contributed by atoms with Crippen molar-refractivity contribution in [1.82, 2.24) is 20.2 Å². The predicted octanol–water partition coefficient (Wildman–Crippen LogP) is 2.07. The van der Waals surface area contributed by atoms with Gasteiger partial charge in [-0.25, -0.2) is 4.68 Å². The zero-order valence-corrected chi connectivity index (χ0v) is 12.4. The number of carboxylic acids is 1. The molecule has 20 heavy (non-hydrogen) atoms. The Balaban J connectivity index is 2.08. The number of aliphatic carboxylic acids is 1. The smallest absolute Gasteiger partial charge is 0.308 e. The Bertz CT molecular complexity index is 550. The maximum Gasteiger partial charge on any atom is 0.308 e. The Kier molecular flexibility index (Phi) is 4.84. The Morgan fingerprint density at radius 3 is 2.90 bits per heavy atom. The fraction of sp³-hybridized carbons (Fsp3) is 0.538. The summed E-state index contributed by atoms with van der Waals surface area (Å²) in [6.07, 6.45) is 1.25. The van der Waals surface area contributed by atoms with E-state index in [1.807, 2.05) is 30.7 Å². The van der Waals surface area contributed by atoms with E-state index in [0.717, 1.165) is 5.56 Å². The number of carbonyl (C=O) groups is 1. The third-order valence-electron chi connectivity index (χ3n) is 3.05. The van der Waals surface area contributed by atoms with E-state index < -0.39 is 11.9 Å². The van der Waals surface area contributed by atoms with Crippen LogP contribution in [0.3, 0.4) is 0 Å². The van der Waals surface area contributed by atoms with Crippen molar-refractivity contribution in [1.29, 1.82) is 0 Å². The number of aromatic nitrogens is 4. The van der Waals surface area contributed by atoms with E-state index in [-0.39, 0.29) is 0 Å². The van der Waals surface area contributed by atoms with Crippen LogP contribution in [0.2, 0.25) is 0 Å². The van der Waals surface area contributed by atoms with Gasteiger partial charge >= 0.3 is 5.97 Å². The Labute approximate surface area is 121 Å². The second-order valence-electron chi connectivity index (χ2n) is 5.25. The van der Waals surface area contributed by atoms with Crippen LogP contribution < -0.4 is 0 Å². The summed E-state index contributed by atoms with van der Waals surface area (Å²) in [6.45, 7) is 4.35. The average molecular weight is 294 g/mol. The standard InChI is InChI=1S/C13H18N4O2S/c1-9(2)5-11(13(18)19)7-17-12(14-15-16-17)6-10-3-4-20-8-10/h3-4,8-9,11H,5-7H2,1-2H3,(H,18,19). The molecule has 0 amide bonds. The zero-order chi connectivity index (χ0) is 14.5. The van der Waals surface area contributed by atoms with Crippen LogP contribution in [0.1, 0.15) is 31.7 Å². The maximum atomic E-state index is 11.3. The largest absolute Gasteiger partial charge is 0.481 e. The van der Waals surface area contributed by atoms with Gasteiger partial charge in [0.1, 0.15) is 0 Å². The molecule has 0 fully saturated rings. The van der Waals surface area contributed by atoms with Gasteiger partial charge in [-0.3, -0.25) is 4.79 Å². The highest BCUT2D eigenvalue weighted by Crippen LogP contribution is 2.16. The van der Waals surface area contributed by atoms with Gasteiger partial charge in [0.05, 0.1) is 12.5 Å². The molecule has 2 heterocycles. The van der Waals surface area contributed by atoms with Crippen LogP contribution in [-0.2, 0) is 17.8 Å². The fourth-order valence-corrected chi connectivity index (χ4v) is 2.77. The van der Waals surface area contributed by atoms with Crippen LogP contribution in [0.15, 0.2) is 16.8 Å². The maximum absolute atomic E-state index is 11.3. The summed E-state index contributed by atoms with van der Waals surface area (Å²) >= 11 is 1.62. The first-order valence-electron chi connectivity index (χ1n) is 6.55. The highest BCUT2D eigenvalue weighted by molar-refractivity contribution is 7.07. The van der Waals surface area contributed by atoms with E-state index >= 15 is 0 Å². The SMILES string of the molecule is CC(C)CC(Cn1nnnc1Cc1ccsc1)C(=O)O. The summed E-state index contributed by atoms with van der Waals surface area (Å²) in [5.41, 5.74) is 1.14. The van der Waals surface area contributed by atoms with Gasteiger partial charge in [-0.15, -0.1) is 5.10 Å². The van der Waals surface area contributed by atoms with Gasteiger partial charge in [0.15, 0.2) is 5.82 Å². The van der Waals surface area contributed by atoms with Crippen molar-refractivity contribution in [3.63, 3.8) is 0 Å². The van der Waals surface area contributed by atoms with Crippen LogP contribution in [0.4, 0.5) is 0 Å². The van der Waals surface area contributed by atoms with E-state index in [9.17, 15) is 9.90 Å². The molecule has 108 valence electrons. The van der Waals surface area contributed by atoms with Gasteiger partial charge in [0, 0.05) is 6.42 Å². The summed E-state index contributed by atoms with van der Waals surface area (Å²) in [6, 6.07) is 2.02. The number of hydrogen-bond acceptors (Lipinski definition) is 5. The number of carboxylic acid groups (broad SMARTS) is 1. The van der Waals surface area contributed by atoms with E-state index in [2.05, 4.69) is 15.5 Å². The molecule has 0 aromatic carbocycles. The first-order valence-corrected chi connectivity index (χ1v) is 7.49. The number of tetrazole rings is 1. The monoisotopic (exact) mass is 294 g/mol. The first kappa shape index (κ1) is 14.6. The average Bonchev–Trinajstić information content (AvgIpc) is 3.01. The second kappa shape index (κ2) is 6.60. The first-order chi connectivity index (χ1) is 9.56. The number of rotatable bonds is 7.